The van der Waals surface area contributed by atoms with E-state index in [1.54, 1.807) is 18.2 Å². The van der Waals surface area contributed by atoms with Gasteiger partial charge in [-0.25, -0.2) is 4.57 Å². The van der Waals surface area contributed by atoms with E-state index in [0.717, 1.165) is 12.8 Å². The lowest BCUT2D eigenvalue weighted by Crippen LogP contribution is -2.25. The van der Waals surface area contributed by atoms with E-state index < -0.39 is 13.9 Å². The Morgan fingerprint density at radius 2 is 1.32 bits per heavy atom. The third-order valence-corrected chi connectivity index (χ3v) is 6.97. The fraction of sp³-hybridized carbons (Fsp3) is 0.759. The Bertz CT molecular complexity index is 763. The molecule has 0 bridgehead atoms. The first-order valence-corrected chi connectivity index (χ1v) is 15.9. The predicted molar refractivity (Wildman–Crippen MR) is 148 cm³/mol. The average molecular weight is 540 g/mol. The number of unbranched alkanes of at least 4 members (excludes halogenated alkanes) is 15. The van der Waals surface area contributed by atoms with Gasteiger partial charge in [0, 0.05) is 6.61 Å². The highest BCUT2D eigenvalue weighted by Gasteiger charge is 2.19. The van der Waals surface area contributed by atoms with Gasteiger partial charge in [0.1, 0.15) is 6.10 Å². The monoisotopic (exact) mass is 539 g/mol. The molecule has 0 amide bonds. The zero-order valence-electron chi connectivity index (χ0n) is 23.0. The topological polar surface area (TPSA) is 109 Å². The molecule has 0 aliphatic heterocycles. The van der Waals surface area contributed by atoms with Crippen LogP contribution in [0.25, 0.3) is 0 Å². The van der Waals surface area contributed by atoms with E-state index in [1.165, 1.54) is 89.9 Å². The summed E-state index contributed by atoms with van der Waals surface area (Å²) in [6, 6.07) is 9.19. The van der Waals surface area contributed by atoms with E-state index in [9.17, 15) is 9.83 Å². The molecule has 2 N–H and O–H groups in total. The number of nitriles is 1. The van der Waals surface area contributed by atoms with Crippen LogP contribution in [0.4, 0.5) is 0 Å². The summed E-state index contributed by atoms with van der Waals surface area (Å²) in [6.45, 7) is 2.87. The molecule has 0 saturated heterocycles. The van der Waals surface area contributed by atoms with Gasteiger partial charge in [0.25, 0.3) is 0 Å². The number of rotatable bonds is 25. The molecule has 0 aromatic heterocycles. The summed E-state index contributed by atoms with van der Waals surface area (Å²) < 4.78 is 27.2. The molecule has 212 valence electrons. The summed E-state index contributed by atoms with van der Waals surface area (Å²) in [7, 11) is -4.60. The van der Waals surface area contributed by atoms with E-state index in [4.69, 9.17) is 19.3 Å². The zero-order chi connectivity index (χ0) is 27.0. The van der Waals surface area contributed by atoms with Crippen LogP contribution < -0.4 is 0 Å². The minimum Gasteiger partial charge on any atom is -0.379 e. The van der Waals surface area contributed by atoms with Gasteiger partial charge in [-0.3, -0.25) is 4.52 Å². The van der Waals surface area contributed by atoms with Crippen LogP contribution in [0, 0.1) is 11.3 Å². The average Bonchev–Trinajstić information content (AvgIpc) is 2.88. The van der Waals surface area contributed by atoms with Crippen molar-refractivity contribution in [2.45, 2.75) is 122 Å². The lowest BCUT2D eigenvalue weighted by Gasteiger charge is -2.19. The van der Waals surface area contributed by atoms with Gasteiger partial charge in [-0.1, -0.05) is 121 Å². The second-order valence-corrected chi connectivity index (χ2v) is 11.1. The molecule has 7 nitrogen and oxygen atoms in total. The smallest absolute Gasteiger partial charge is 0.379 e. The van der Waals surface area contributed by atoms with E-state index in [0.29, 0.717) is 17.7 Å². The van der Waals surface area contributed by atoms with Gasteiger partial charge in [-0.2, -0.15) is 5.26 Å². The first kappa shape index (κ1) is 33.8. The van der Waals surface area contributed by atoms with Crippen LogP contribution >= 0.6 is 7.82 Å². The van der Waals surface area contributed by atoms with Crippen LogP contribution in [0.1, 0.15) is 121 Å². The van der Waals surface area contributed by atoms with Crippen LogP contribution in [0.3, 0.4) is 0 Å². The third-order valence-electron chi connectivity index (χ3n) is 6.49. The molecular formula is C29H50NO6P. The largest absolute Gasteiger partial charge is 0.469 e. The van der Waals surface area contributed by atoms with E-state index in [2.05, 4.69) is 17.5 Å². The van der Waals surface area contributed by atoms with Crippen molar-refractivity contribution in [2.75, 3.05) is 19.8 Å². The number of nitrogens with zero attached hydrogens (tertiary/aromatic N) is 1. The van der Waals surface area contributed by atoms with Crippen molar-refractivity contribution in [3.63, 3.8) is 0 Å². The second kappa shape index (κ2) is 22.7. The van der Waals surface area contributed by atoms with Gasteiger partial charge in [0.05, 0.1) is 31.5 Å². The molecule has 0 spiro atoms. The Morgan fingerprint density at radius 1 is 0.811 bits per heavy atom. The normalized spacial score (nSPS) is 12.5. The Hall–Kier alpha value is -1.26. The highest BCUT2D eigenvalue weighted by Crippen LogP contribution is 2.36. The van der Waals surface area contributed by atoms with Gasteiger partial charge in [0.15, 0.2) is 0 Å². The maximum Gasteiger partial charge on any atom is 0.469 e. The number of hydrogen-bond acceptors (Lipinski definition) is 5. The number of benzene rings is 1. The maximum atomic E-state index is 11.1. The zero-order valence-corrected chi connectivity index (χ0v) is 23.8. The molecule has 1 atom stereocenters. The molecule has 0 saturated carbocycles. The van der Waals surface area contributed by atoms with Crippen molar-refractivity contribution in [3.8, 4) is 6.07 Å². The van der Waals surface area contributed by atoms with Gasteiger partial charge in [0.2, 0.25) is 0 Å². The van der Waals surface area contributed by atoms with E-state index in [-0.39, 0.29) is 19.8 Å². The highest BCUT2D eigenvalue weighted by atomic mass is 31.2. The van der Waals surface area contributed by atoms with Gasteiger partial charge >= 0.3 is 7.82 Å². The highest BCUT2D eigenvalue weighted by molar-refractivity contribution is 7.46. The summed E-state index contributed by atoms with van der Waals surface area (Å²) in [6.07, 6.45) is 20.4. The van der Waals surface area contributed by atoms with Crippen LogP contribution in [0.15, 0.2) is 24.3 Å². The molecule has 0 radical (unpaired) electrons. The molecule has 0 aliphatic carbocycles. The molecule has 0 aliphatic rings. The minimum absolute atomic E-state index is 0.140. The number of phosphoric ester groups is 1. The second-order valence-electron chi connectivity index (χ2n) is 9.87. The Labute approximate surface area is 225 Å². The Balaban J connectivity index is 2.05. The summed E-state index contributed by atoms with van der Waals surface area (Å²) in [5.41, 5.74) is 1.22. The summed E-state index contributed by atoms with van der Waals surface area (Å²) in [5.74, 6) is 0. The summed E-state index contributed by atoms with van der Waals surface area (Å²) >= 11 is 0. The van der Waals surface area contributed by atoms with Gasteiger partial charge in [-0.15, -0.1) is 0 Å². The van der Waals surface area contributed by atoms with Crippen molar-refractivity contribution in [2.24, 2.45) is 0 Å². The fourth-order valence-corrected chi connectivity index (χ4v) is 4.61. The predicted octanol–water partition coefficient (Wildman–Crippen LogP) is 7.83. The summed E-state index contributed by atoms with van der Waals surface area (Å²) in [5, 5.41) is 9.21. The first-order valence-electron chi connectivity index (χ1n) is 14.3. The number of phosphoric acid groups is 1. The van der Waals surface area contributed by atoms with Crippen molar-refractivity contribution in [1.82, 2.24) is 0 Å². The fourth-order valence-electron chi connectivity index (χ4n) is 4.25. The molecule has 1 rings (SSSR count). The Kier molecular flexibility index (Phi) is 20.7. The first-order chi connectivity index (χ1) is 18.0. The molecule has 1 aromatic rings. The van der Waals surface area contributed by atoms with Gasteiger partial charge < -0.3 is 19.3 Å². The molecular weight excluding hydrogens is 489 g/mol. The molecule has 0 fully saturated rings. The SMILES string of the molecule is CCCCCCCCCCCCCCCCCCOCC(COP(=O)(O)O)OCc1ccccc1C#N. The van der Waals surface area contributed by atoms with Crippen LogP contribution in [0.5, 0.6) is 0 Å². The van der Waals surface area contributed by atoms with E-state index in [1.807, 2.05) is 6.07 Å². The van der Waals surface area contributed by atoms with Crippen LogP contribution in [-0.4, -0.2) is 35.7 Å². The molecule has 37 heavy (non-hydrogen) atoms. The van der Waals surface area contributed by atoms with Crippen LogP contribution in [0.2, 0.25) is 0 Å². The third kappa shape index (κ3) is 20.4. The summed E-state index contributed by atoms with van der Waals surface area (Å²) in [4.78, 5) is 18.0. The molecule has 1 unspecified atom stereocenters. The van der Waals surface area contributed by atoms with Crippen molar-refractivity contribution >= 4 is 7.82 Å². The molecule has 1 aromatic carbocycles. The standard InChI is InChI=1S/C29H50NO6P/c1-2-3-4-5-6-7-8-9-10-11-12-13-14-15-16-19-22-34-25-29(26-36-37(31,32)33)35-24-28-21-18-17-20-27(28)23-30/h17-18,20-21,29H,2-16,19,22,24-26H2,1H3,(H2,31,32,33). The minimum atomic E-state index is -4.60. The van der Waals surface area contributed by atoms with Gasteiger partial charge in [-0.05, 0) is 18.1 Å². The molecule has 0 heterocycles. The van der Waals surface area contributed by atoms with Crippen molar-refractivity contribution in [3.05, 3.63) is 35.4 Å². The number of hydrogen-bond donors (Lipinski definition) is 2. The van der Waals surface area contributed by atoms with Crippen molar-refractivity contribution in [1.29, 1.82) is 5.26 Å². The quantitative estimate of drug-likeness (QED) is 0.0962. The lowest BCUT2D eigenvalue weighted by molar-refractivity contribution is -0.0493. The molecule has 8 heteroatoms. The van der Waals surface area contributed by atoms with Crippen molar-refractivity contribution < 1.29 is 28.3 Å². The Morgan fingerprint density at radius 3 is 1.84 bits per heavy atom. The van der Waals surface area contributed by atoms with Crippen LogP contribution in [-0.2, 0) is 25.2 Å². The number of ether oxygens (including phenoxy) is 2. The van der Waals surface area contributed by atoms with E-state index >= 15 is 0 Å². The maximum absolute atomic E-state index is 11.1. The lowest BCUT2D eigenvalue weighted by atomic mass is 10.0.